The van der Waals surface area contributed by atoms with Crippen molar-refractivity contribution in [3.8, 4) is 0 Å². The van der Waals surface area contributed by atoms with Gasteiger partial charge >= 0.3 is 0 Å². The third kappa shape index (κ3) is 2.04. The van der Waals surface area contributed by atoms with Gasteiger partial charge in [-0.3, -0.25) is 4.79 Å². The Hall–Kier alpha value is -1.29. The molecule has 0 amide bonds. The molecule has 2 N–H and O–H groups in total. The van der Waals surface area contributed by atoms with Crippen LogP contribution >= 0.6 is 0 Å². The minimum atomic E-state index is 0.00142. The average Bonchev–Trinajstić information content (AvgIpc) is 2.23. The number of anilines is 1. The van der Waals surface area contributed by atoms with Gasteiger partial charge in [-0.1, -0.05) is 0 Å². The van der Waals surface area contributed by atoms with Crippen LogP contribution < -0.4 is 15.8 Å². The molecule has 0 unspecified atom stereocenters. The first-order valence-corrected chi connectivity index (χ1v) is 5.35. The fraction of sp³-hybridized carbons (Fsp3) is 0.545. The maximum atomic E-state index is 11.2. The SMILES string of the molecule is Cc1cc(N2CCNC[C@H]2C)c[nH]c1=O. The summed E-state index contributed by atoms with van der Waals surface area (Å²) in [5.41, 5.74) is 1.89. The van der Waals surface area contributed by atoms with Gasteiger partial charge in [0.2, 0.25) is 0 Å². The Morgan fingerprint density at radius 2 is 2.33 bits per heavy atom. The molecule has 0 radical (unpaired) electrons. The largest absolute Gasteiger partial charge is 0.365 e. The molecule has 1 atom stereocenters. The first-order valence-electron chi connectivity index (χ1n) is 5.35. The second kappa shape index (κ2) is 4.06. The number of pyridine rings is 1. The predicted molar refractivity (Wildman–Crippen MR) is 61.5 cm³/mol. The number of H-pyrrole nitrogens is 1. The molecule has 4 heteroatoms. The van der Waals surface area contributed by atoms with E-state index in [1.807, 2.05) is 13.0 Å². The highest BCUT2D eigenvalue weighted by atomic mass is 16.1. The van der Waals surface area contributed by atoms with E-state index in [2.05, 4.69) is 22.1 Å². The van der Waals surface area contributed by atoms with Crippen molar-refractivity contribution in [3.63, 3.8) is 0 Å². The van der Waals surface area contributed by atoms with Gasteiger partial charge in [0.05, 0.1) is 5.69 Å². The maximum absolute atomic E-state index is 11.2. The number of aryl methyl sites for hydroxylation is 1. The molecular formula is C11H17N3O. The van der Waals surface area contributed by atoms with Gasteiger partial charge in [0, 0.05) is 37.4 Å². The molecule has 0 aromatic carbocycles. The van der Waals surface area contributed by atoms with Crippen molar-refractivity contribution in [2.24, 2.45) is 0 Å². The Morgan fingerprint density at radius 1 is 1.53 bits per heavy atom. The van der Waals surface area contributed by atoms with Crippen LogP contribution in [0.15, 0.2) is 17.1 Å². The monoisotopic (exact) mass is 207 g/mol. The number of hydrogen-bond acceptors (Lipinski definition) is 3. The van der Waals surface area contributed by atoms with Crippen molar-refractivity contribution in [3.05, 3.63) is 28.2 Å². The molecule has 82 valence electrons. The van der Waals surface area contributed by atoms with Gasteiger partial charge in [-0.2, -0.15) is 0 Å². The smallest absolute Gasteiger partial charge is 0.250 e. The Labute approximate surface area is 89.3 Å². The minimum absolute atomic E-state index is 0.00142. The lowest BCUT2D eigenvalue weighted by atomic mass is 10.2. The van der Waals surface area contributed by atoms with Crippen molar-refractivity contribution in [1.82, 2.24) is 10.3 Å². The number of rotatable bonds is 1. The fourth-order valence-corrected chi connectivity index (χ4v) is 1.97. The molecular weight excluding hydrogens is 190 g/mol. The van der Waals surface area contributed by atoms with Crippen LogP contribution in [0.4, 0.5) is 5.69 Å². The van der Waals surface area contributed by atoms with E-state index in [1.165, 1.54) is 0 Å². The van der Waals surface area contributed by atoms with Crippen molar-refractivity contribution >= 4 is 5.69 Å². The Balaban J connectivity index is 2.28. The molecule has 1 aromatic heterocycles. The Bertz CT molecular complexity index is 399. The van der Waals surface area contributed by atoms with Crippen LogP contribution in [0.5, 0.6) is 0 Å². The van der Waals surface area contributed by atoms with E-state index in [4.69, 9.17) is 0 Å². The summed E-state index contributed by atoms with van der Waals surface area (Å²) in [4.78, 5) is 16.3. The topological polar surface area (TPSA) is 48.1 Å². The Kier molecular flexibility index (Phi) is 2.77. The summed E-state index contributed by atoms with van der Waals surface area (Å²) in [7, 11) is 0. The van der Waals surface area contributed by atoms with Gasteiger partial charge in [-0.05, 0) is 19.9 Å². The van der Waals surface area contributed by atoms with Gasteiger partial charge < -0.3 is 15.2 Å². The summed E-state index contributed by atoms with van der Waals surface area (Å²) in [6.45, 7) is 7.02. The van der Waals surface area contributed by atoms with Gasteiger partial charge in [-0.25, -0.2) is 0 Å². The zero-order valence-electron chi connectivity index (χ0n) is 9.21. The molecule has 1 saturated heterocycles. The third-order valence-electron chi connectivity index (χ3n) is 2.91. The highest BCUT2D eigenvalue weighted by molar-refractivity contribution is 5.47. The van der Waals surface area contributed by atoms with Crippen LogP contribution in [-0.4, -0.2) is 30.7 Å². The number of piperazine rings is 1. The zero-order chi connectivity index (χ0) is 10.8. The van der Waals surface area contributed by atoms with E-state index in [0.29, 0.717) is 6.04 Å². The quantitative estimate of drug-likeness (QED) is 0.704. The van der Waals surface area contributed by atoms with Crippen LogP contribution in [0.3, 0.4) is 0 Å². The lowest BCUT2D eigenvalue weighted by Crippen LogP contribution is -2.50. The maximum Gasteiger partial charge on any atom is 0.250 e. The normalized spacial score (nSPS) is 21.7. The van der Waals surface area contributed by atoms with E-state index in [9.17, 15) is 4.79 Å². The van der Waals surface area contributed by atoms with Crippen molar-refractivity contribution in [2.45, 2.75) is 19.9 Å². The van der Waals surface area contributed by atoms with Crippen LogP contribution in [-0.2, 0) is 0 Å². The van der Waals surface area contributed by atoms with Gasteiger partial charge in [0.15, 0.2) is 0 Å². The summed E-state index contributed by atoms with van der Waals surface area (Å²) < 4.78 is 0. The molecule has 2 heterocycles. The molecule has 4 nitrogen and oxygen atoms in total. The number of nitrogens with zero attached hydrogens (tertiary/aromatic N) is 1. The van der Waals surface area contributed by atoms with E-state index in [0.717, 1.165) is 30.9 Å². The first kappa shape index (κ1) is 10.2. The molecule has 0 aliphatic carbocycles. The van der Waals surface area contributed by atoms with Gasteiger partial charge in [-0.15, -0.1) is 0 Å². The molecule has 2 rings (SSSR count). The molecule has 0 saturated carbocycles. The fourth-order valence-electron chi connectivity index (χ4n) is 1.97. The summed E-state index contributed by atoms with van der Waals surface area (Å²) in [5, 5.41) is 3.35. The van der Waals surface area contributed by atoms with E-state index in [-0.39, 0.29) is 5.56 Å². The molecule has 15 heavy (non-hydrogen) atoms. The van der Waals surface area contributed by atoms with E-state index < -0.39 is 0 Å². The molecule has 0 bridgehead atoms. The first-order chi connectivity index (χ1) is 7.18. The second-order valence-electron chi connectivity index (χ2n) is 4.12. The summed E-state index contributed by atoms with van der Waals surface area (Å²) in [6, 6.07) is 2.43. The van der Waals surface area contributed by atoms with Crippen LogP contribution in [0.25, 0.3) is 0 Å². The Morgan fingerprint density at radius 3 is 3.00 bits per heavy atom. The zero-order valence-corrected chi connectivity index (χ0v) is 9.21. The standard InChI is InChI=1S/C11H17N3O/c1-8-5-10(7-13-11(8)15)14-4-3-12-6-9(14)2/h5,7,9,12H,3-4,6H2,1-2H3,(H,13,15)/t9-/m1/s1. The van der Waals surface area contributed by atoms with Crippen molar-refractivity contribution in [2.75, 3.05) is 24.5 Å². The molecule has 1 aliphatic heterocycles. The van der Waals surface area contributed by atoms with E-state index >= 15 is 0 Å². The summed E-state index contributed by atoms with van der Waals surface area (Å²) >= 11 is 0. The minimum Gasteiger partial charge on any atom is -0.365 e. The van der Waals surface area contributed by atoms with Gasteiger partial charge in [0.1, 0.15) is 0 Å². The number of nitrogens with one attached hydrogen (secondary N) is 2. The number of hydrogen-bond donors (Lipinski definition) is 2. The molecule has 1 fully saturated rings. The average molecular weight is 207 g/mol. The lowest BCUT2D eigenvalue weighted by Gasteiger charge is -2.35. The molecule has 1 aromatic rings. The van der Waals surface area contributed by atoms with Crippen molar-refractivity contribution < 1.29 is 0 Å². The van der Waals surface area contributed by atoms with Crippen LogP contribution in [0.1, 0.15) is 12.5 Å². The highest BCUT2D eigenvalue weighted by Crippen LogP contribution is 2.16. The third-order valence-corrected chi connectivity index (χ3v) is 2.91. The summed E-state index contributed by atoms with van der Waals surface area (Å²) in [6.07, 6.45) is 1.80. The predicted octanol–water partition coefficient (Wildman–Crippen LogP) is 0.481. The number of aromatic amines is 1. The van der Waals surface area contributed by atoms with Crippen LogP contribution in [0, 0.1) is 6.92 Å². The van der Waals surface area contributed by atoms with E-state index in [1.54, 1.807) is 6.20 Å². The molecule has 0 spiro atoms. The van der Waals surface area contributed by atoms with Crippen LogP contribution in [0.2, 0.25) is 0 Å². The molecule has 1 aliphatic rings. The summed E-state index contributed by atoms with van der Waals surface area (Å²) in [5.74, 6) is 0. The van der Waals surface area contributed by atoms with Gasteiger partial charge in [0.25, 0.3) is 5.56 Å². The van der Waals surface area contributed by atoms with Crippen molar-refractivity contribution in [1.29, 1.82) is 0 Å². The lowest BCUT2D eigenvalue weighted by molar-refractivity contribution is 0.500. The second-order valence-corrected chi connectivity index (χ2v) is 4.12. The highest BCUT2D eigenvalue weighted by Gasteiger charge is 2.18. The number of aromatic nitrogens is 1.